The fourth-order valence-electron chi connectivity index (χ4n) is 5.11. The molecule has 1 amide bonds. The molecule has 9 heteroatoms. The largest absolute Gasteiger partial charge is 0.486 e. The highest BCUT2D eigenvalue weighted by molar-refractivity contribution is 5.93. The van der Waals surface area contributed by atoms with Gasteiger partial charge in [-0.15, -0.1) is 0 Å². The summed E-state index contributed by atoms with van der Waals surface area (Å²) in [6, 6.07) is 5.54. The molecule has 3 aromatic rings. The first-order chi connectivity index (χ1) is 16.3. The summed E-state index contributed by atoms with van der Waals surface area (Å²) in [5.74, 6) is 3.23. The first-order valence-corrected chi connectivity index (χ1v) is 11.9. The van der Waals surface area contributed by atoms with Crippen molar-refractivity contribution in [3.8, 4) is 11.5 Å². The summed E-state index contributed by atoms with van der Waals surface area (Å²) >= 11 is 0. The number of nitrogens with zero attached hydrogens (tertiary/aromatic N) is 5. The van der Waals surface area contributed by atoms with Crippen LogP contribution in [0.15, 0.2) is 24.5 Å². The van der Waals surface area contributed by atoms with Crippen molar-refractivity contribution in [1.82, 2.24) is 19.5 Å². The molecule has 1 aromatic carbocycles. The SMILES string of the molecule is O=C(Nc1ccc2c(c1)OCCO2)[C@H]1CCCN(c2ncnc3c2nc2n3CCCCC2)C1. The van der Waals surface area contributed by atoms with Crippen LogP contribution < -0.4 is 19.7 Å². The highest BCUT2D eigenvalue weighted by Crippen LogP contribution is 2.33. The third-order valence-electron chi connectivity index (χ3n) is 6.78. The third-order valence-corrected chi connectivity index (χ3v) is 6.78. The molecule has 3 aliphatic rings. The number of aromatic nitrogens is 4. The van der Waals surface area contributed by atoms with Gasteiger partial charge < -0.3 is 24.3 Å². The van der Waals surface area contributed by atoms with Crippen molar-refractivity contribution in [1.29, 1.82) is 0 Å². The smallest absolute Gasteiger partial charge is 0.229 e. The van der Waals surface area contributed by atoms with Crippen LogP contribution in [0.1, 0.15) is 37.9 Å². The molecule has 1 saturated heterocycles. The fraction of sp³-hybridized carbons (Fsp3) is 0.500. The number of ether oxygens (including phenoxy) is 2. The van der Waals surface area contributed by atoms with Crippen molar-refractivity contribution in [2.75, 3.05) is 36.5 Å². The van der Waals surface area contributed by atoms with E-state index in [1.54, 1.807) is 6.33 Å². The second-order valence-electron chi connectivity index (χ2n) is 8.99. The molecule has 0 aliphatic carbocycles. The number of piperidine rings is 1. The summed E-state index contributed by atoms with van der Waals surface area (Å²) in [5, 5.41) is 3.06. The third kappa shape index (κ3) is 3.85. The minimum atomic E-state index is -0.127. The van der Waals surface area contributed by atoms with Crippen LogP contribution in [0, 0.1) is 5.92 Å². The van der Waals surface area contributed by atoms with E-state index in [1.165, 1.54) is 6.42 Å². The summed E-state index contributed by atoms with van der Waals surface area (Å²) in [4.78, 5) is 29.4. The van der Waals surface area contributed by atoms with Crippen molar-refractivity contribution in [2.24, 2.45) is 5.92 Å². The van der Waals surface area contributed by atoms with E-state index >= 15 is 0 Å². The van der Waals surface area contributed by atoms with Gasteiger partial charge in [0.2, 0.25) is 5.91 Å². The molecule has 172 valence electrons. The van der Waals surface area contributed by atoms with Gasteiger partial charge in [-0.05, 0) is 37.8 Å². The number of aryl methyl sites for hydroxylation is 2. The maximum absolute atomic E-state index is 13.1. The Hall–Kier alpha value is -3.36. The monoisotopic (exact) mass is 448 g/mol. The number of imidazole rings is 1. The van der Waals surface area contributed by atoms with E-state index in [2.05, 4.69) is 24.8 Å². The van der Waals surface area contributed by atoms with Gasteiger partial charge in [-0.3, -0.25) is 4.79 Å². The molecule has 33 heavy (non-hydrogen) atoms. The van der Waals surface area contributed by atoms with Gasteiger partial charge in [0.1, 0.15) is 25.4 Å². The normalized spacial score (nSPS) is 20.2. The Kier molecular flexibility index (Phi) is 5.24. The molecule has 1 N–H and O–H groups in total. The lowest BCUT2D eigenvalue weighted by Crippen LogP contribution is -2.41. The van der Waals surface area contributed by atoms with Crippen LogP contribution >= 0.6 is 0 Å². The van der Waals surface area contributed by atoms with E-state index in [9.17, 15) is 4.79 Å². The Labute approximate surface area is 192 Å². The zero-order valence-corrected chi connectivity index (χ0v) is 18.6. The maximum Gasteiger partial charge on any atom is 0.229 e. The van der Waals surface area contributed by atoms with Crippen LogP contribution in [0.2, 0.25) is 0 Å². The second-order valence-corrected chi connectivity index (χ2v) is 8.99. The highest BCUT2D eigenvalue weighted by atomic mass is 16.6. The minimum Gasteiger partial charge on any atom is -0.486 e. The molecule has 1 atom stereocenters. The molecular weight excluding hydrogens is 420 g/mol. The average Bonchev–Trinajstić information content (AvgIpc) is 3.04. The Balaban J connectivity index is 1.21. The molecule has 5 heterocycles. The van der Waals surface area contributed by atoms with Crippen LogP contribution in [0.4, 0.5) is 11.5 Å². The molecule has 3 aliphatic heterocycles. The van der Waals surface area contributed by atoms with E-state index < -0.39 is 0 Å². The lowest BCUT2D eigenvalue weighted by molar-refractivity contribution is -0.120. The first kappa shape index (κ1) is 20.3. The molecule has 0 bridgehead atoms. The summed E-state index contributed by atoms with van der Waals surface area (Å²) in [6.45, 7) is 3.51. The fourth-order valence-corrected chi connectivity index (χ4v) is 5.11. The molecular formula is C24H28N6O3. The van der Waals surface area contributed by atoms with Gasteiger partial charge in [0.05, 0.1) is 5.92 Å². The number of fused-ring (bicyclic) bond motifs is 4. The summed E-state index contributed by atoms with van der Waals surface area (Å²) in [6.07, 6.45) is 7.95. The quantitative estimate of drug-likeness (QED) is 0.658. The number of carbonyl (C=O) groups excluding carboxylic acids is 1. The van der Waals surface area contributed by atoms with Gasteiger partial charge >= 0.3 is 0 Å². The van der Waals surface area contributed by atoms with Crippen LogP contribution in [0.3, 0.4) is 0 Å². The lowest BCUT2D eigenvalue weighted by Gasteiger charge is -2.32. The predicted octanol–water partition coefficient (Wildman–Crippen LogP) is 3.18. The Morgan fingerprint density at radius 2 is 1.94 bits per heavy atom. The van der Waals surface area contributed by atoms with Gasteiger partial charge in [-0.25, -0.2) is 15.0 Å². The van der Waals surface area contributed by atoms with Crippen molar-refractivity contribution in [3.63, 3.8) is 0 Å². The van der Waals surface area contributed by atoms with E-state index in [1.807, 2.05) is 18.2 Å². The average molecular weight is 449 g/mol. The predicted molar refractivity (Wildman–Crippen MR) is 124 cm³/mol. The molecule has 0 radical (unpaired) electrons. The second kappa shape index (κ2) is 8.53. The number of hydrogen-bond donors (Lipinski definition) is 1. The van der Waals surface area contributed by atoms with Gasteiger partial charge in [-0.1, -0.05) is 6.42 Å². The summed E-state index contributed by atoms with van der Waals surface area (Å²) in [7, 11) is 0. The van der Waals surface area contributed by atoms with Gasteiger partial charge in [-0.2, -0.15) is 0 Å². The van der Waals surface area contributed by atoms with Gasteiger partial charge in [0, 0.05) is 37.8 Å². The number of anilines is 2. The summed E-state index contributed by atoms with van der Waals surface area (Å²) in [5.41, 5.74) is 2.51. The maximum atomic E-state index is 13.1. The zero-order chi connectivity index (χ0) is 22.2. The number of carbonyl (C=O) groups is 1. The molecule has 6 rings (SSSR count). The van der Waals surface area contributed by atoms with Crippen LogP contribution in [-0.4, -0.2) is 51.7 Å². The minimum absolute atomic E-state index is 0.0160. The Morgan fingerprint density at radius 3 is 2.88 bits per heavy atom. The van der Waals surface area contributed by atoms with Gasteiger partial charge in [0.25, 0.3) is 0 Å². The standard InChI is InChI=1S/C24H28N6O3/c31-24(27-17-7-8-18-19(13-17)33-12-11-32-18)16-5-4-9-29(14-16)22-21-23(26-15-25-22)30-10-3-1-2-6-20(30)28-21/h7-8,13,15-16H,1-6,9-12,14H2,(H,27,31)/t16-/m0/s1. The molecule has 0 spiro atoms. The first-order valence-electron chi connectivity index (χ1n) is 11.9. The lowest BCUT2D eigenvalue weighted by atomic mass is 9.97. The number of hydrogen-bond acceptors (Lipinski definition) is 7. The van der Waals surface area contributed by atoms with E-state index in [4.69, 9.17) is 14.5 Å². The van der Waals surface area contributed by atoms with Crippen molar-refractivity contribution in [2.45, 2.75) is 45.1 Å². The zero-order valence-electron chi connectivity index (χ0n) is 18.6. The Bertz CT molecular complexity index is 1190. The summed E-state index contributed by atoms with van der Waals surface area (Å²) < 4.78 is 13.5. The number of amides is 1. The topological polar surface area (TPSA) is 94.4 Å². The van der Waals surface area contributed by atoms with Crippen molar-refractivity contribution in [3.05, 3.63) is 30.4 Å². The highest BCUT2D eigenvalue weighted by Gasteiger charge is 2.29. The van der Waals surface area contributed by atoms with Crippen LogP contribution in [0.5, 0.6) is 11.5 Å². The molecule has 0 unspecified atom stereocenters. The van der Waals surface area contributed by atoms with Crippen molar-refractivity contribution < 1.29 is 14.3 Å². The van der Waals surface area contributed by atoms with Crippen molar-refractivity contribution >= 4 is 28.6 Å². The van der Waals surface area contributed by atoms with Gasteiger partial charge in [0.15, 0.2) is 28.5 Å². The number of rotatable bonds is 3. The van der Waals surface area contributed by atoms with Crippen LogP contribution in [-0.2, 0) is 17.8 Å². The molecule has 9 nitrogen and oxygen atoms in total. The molecule has 0 saturated carbocycles. The molecule has 2 aromatic heterocycles. The van der Waals surface area contributed by atoms with Crippen LogP contribution in [0.25, 0.3) is 11.2 Å². The molecule has 1 fully saturated rings. The Morgan fingerprint density at radius 1 is 1.03 bits per heavy atom. The van der Waals surface area contributed by atoms with E-state index in [0.29, 0.717) is 31.3 Å². The number of benzene rings is 1. The van der Waals surface area contributed by atoms with E-state index in [-0.39, 0.29) is 11.8 Å². The van der Waals surface area contributed by atoms with E-state index in [0.717, 1.165) is 73.7 Å². The number of nitrogens with one attached hydrogen (secondary N) is 1.